The lowest BCUT2D eigenvalue weighted by Crippen LogP contribution is -2.38. The van der Waals surface area contributed by atoms with Crippen LogP contribution in [0.3, 0.4) is 0 Å². The van der Waals surface area contributed by atoms with E-state index < -0.39 is 32.6 Å². The van der Waals surface area contributed by atoms with Crippen molar-refractivity contribution in [1.82, 2.24) is 9.80 Å². The van der Waals surface area contributed by atoms with Gasteiger partial charge in [-0.1, -0.05) is 153 Å². The van der Waals surface area contributed by atoms with Crippen LogP contribution >= 0.6 is 101 Å². The zero-order valence-electron chi connectivity index (χ0n) is 44.2. The zero-order valence-corrected chi connectivity index (χ0v) is 51.1. The molecule has 6 aromatic rings. The second kappa shape index (κ2) is 31.6. The average Bonchev–Trinajstić information content (AvgIpc) is 3.44. The van der Waals surface area contributed by atoms with Gasteiger partial charge in [0, 0.05) is 56.5 Å². The molecule has 0 fully saturated rings. The molecule has 424 valence electrons. The van der Waals surface area contributed by atoms with Gasteiger partial charge in [-0.2, -0.15) is 0 Å². The number of phosphoric acid groups is 1. The van der Waals surface area contributed by atoms with Crippen LogP contribution in [0.1, 0.15) is 33.4 Å². The second-order valence-electron chi connectivity index (χ2n) is 18.5. The van der Waals surface area contributed by atoms with Crippen molar-refractivity contribution in [2.45, 2.75) is 50.5 Å². The first-order chi connectivity index (χ1) is 37.8. The molecular formula is C58H61Cl8N2O10P. The van der Waals surface area contributed by atoms with Gasteiger partial charge >= 0.3 is 7.82 Å². The molecule has 0 aromatic heterocycles. The molecule has 0 aliphatic carbocycles. The predicted octanol–water partition coefficient (Wildman–Crippen LogP) is 15.9. The molecule has 79 heavy (non-hydrogen) atoms. The van der Waals surface area contributed by atoms with Crippen LogP contribution in [0, 0.1) is 0 Å². The number of ether oxygens (including phenoxy) is 6. The SMILES string of the molecule is COc1cccc(CCc2ccccc2OC[C@H](CN(C)C)OC(OP(=O)(O)OC(O[C@H](COc2ccccc2CCc2cccc(OC)c2)CN(C)C)/C(=C/Cl)c2cc(Cl)c(Cl)cc2Cl)/C(=C\Cl)c2cc(Cl)c(Cl)cc2Cl)c1. The number of methoxy groups -OCH3 is 2. The van der Waals surface area contributed by atoms with Gasteiger partial charge in [0.1, 0.15) is 48.4 Å². The molecule has 0 amide bonds. The normalized spacial score (nSPS) is 14.4. The lowest BCUT2D eigenvalue weighted by molar-refractivity contribution is -0.137. The van der Waals surface area contributed by atoms with E-state index in [0.29, 0.717) is 37.2 Å². The lowest BCUT2D eigenvalue weighted by Gasteiger charge is -2.32. The van der Waals surface area contributed by atoms with Gasteiger partial charge < -0.3 is 43.1 Å². The van der Waals surface area contributed by atoms with E-state index in [1.165, 1.54) is 24.3 Å². The van der Waals surface area contributed by atoms with Gasteiger partial charge in [0.2, 0.25) is 0 Å². The largest absolute Gasteiger partial charge is 0.497 e. The van der Waals surface area contributed by atoms with E-state index in [0.717, 1.165) is 44.8 Å². The van der Waals surface area contributed by atoms with Crippen molar-refractivity contribution in [3.8, 4) is 23.0 Å². The van der Waals surface area contributed by atoms with E-state index in [1.807, 2.05) is 135 Å². The minimum Gasteiger partial charge on any atom is -0.497 e. The number of aryl methyl sites for hydroxylation is 4. The van der Waals surface area contributed by atoms with E-state index in [2.05, 4.69) is 0 Å². The van der Waals surface area contributed by atoms with Gasteiger partial charge in [-0.15, -0.1) is 0 Å². The number of likely N-dealkylation sites (N-methyl/N-ethyl adjacent to an activating group) is 2. The number of benzene rings is 6. The Hall–Kier alpha value is -3.73. The molecule has 0 saturated heterocycles. The van der Waals surface area contributed by atoms with Crippen LogP contribution < -0.4 is 18.9 Å². The highest BCUT2D eigenvalue weighted by Crippen LogP contribution is 2.52. The van der Waals surface area contributed by atoms with Gasteiger partial charge in [0.25, 0.3) is 0 Å². The van der Waals surface area contributed by atoms with Crippen LogP contribution in [0.4, 0.5) is 0 Å². The molecule has 0 radical (unpaired) electrons. The van der Waals surface area contributed by atoms with Crippen LogP contribution in [0.5, 0.6) is 23.0 Å². The summed E-state index contributed by atoms with van der Waals surface area (Å²) in [7, 11) is 5.10. The third kappa shape index (κ3) is 19.7. The Morgan fingerprint density at radius 3 is 1.27 bits per heavy atom. The highest BCUT2D eigenvalue weighted by atomic mass is 35.5. The number of hydrogen-bond donors (Lipinski definition) is 1. The Bertz CT molecular complexity index is 2880. The predicted molar refractivity (Wildman–Crippen MR) is 322 cm³/mol. The number of nitrogens with zero attached hydrogens (tertiary/aromatic N) is 2. The van der Waals surface area contributed by atoms with E-state index in [1.54, 1.807) is 14.2 Å². The molecule has 0 spiro atoms. The van der Waals surface area contributed by atoms with Crippen molar-refractivity contribution in [3.63, 3.8) is 0 Å². The maximum Gasteiger partial charge on any atom is 0.477 e. The molecule has 6 rings (SSSR count). The molecule has 0 bridgehead atoms. The summed E-state index contributed by atoms with van der Waals surface area (Å²) in [6.07, 6.45) is -2.74. The zero-order chi connectivity index (χ0) is 57.2. The number of rotatable bonds is 30. The summed E-state index contributed by atoms with van der Waals surface area (Å²) in [6, 6.07) is 36.6. The first kappa shape index (κ1) is 64.4. The lowest BCUT2D eigenvalue weighted by atomic mass is 10.0. The second-order valence-corrected chi connectivity index (χ2v) is 22.8. The third-order valence-corrected chi connectivity index (χ3v) is 15.5. The molecular weight excluding hydrogens is 1200 g/mol. The molecule has 0 aliphatic rings. The first-order valence-corrected chi connectivity index (χ1v) is 29.3. The molecule has 5 atom stereocenters. The topological polar surface area (TPSA) is 118 Å². The Labute approximate surface area is 503 Å². The number of phosphoric ester groups is 1. The Morgan fingerprint density at radius 2 is 0.899 bits per heavy atom. The summed E-state index contributed by atoms with van der Waals surface area (Å²) >= 11 is 52.7. The molecule has 6 aromatic carbocycles. The van der Waals surface area contributed by atoms with Gasteiger partial charge in [0.05, 0.1) is 34.3 Å². The van der Waals surface area contributed by atoms with Crippen LogP contribution in [-0.4, -0.2) is 108 Å². The third-order valence-electron chi connectivity index (χ3n) is 12.0. The van der Waals surface area contributed by atoms with E-state index >= 15 is 4.57 Å². The van der Waals surface area contributed by atoms with Gasteiger partial charge in [-0.25, -0.2) is 4.57 Å². The van der Waals surface area contributed by atoms with Crippen molar-refractivity contribution >= 4 is 112 Å². The van der Waals surface area contributed by atoms with Crippen molar-refractivity contribution in [2.75, 3.05) is 68.7 Å². The number of hydrogen-bond acceptors (Lipinski definition) is 11. The standard InChI is InChI=1S/C58H61Cl8N2O10P/c1-67(2)33-43(35-73-55-19-9-7-15-39(55)23-21-37-13-11-17-41(25-37)71-5)75-57(47(31-59)45-27-51(63)53(65)29-49(45)61)77-79(69,70)78-58(48(32-60)46-28-52(64)54(66)30-50(46)62)76-44(34-68(3)4)36-74-56-20-10-8-16-40(56)24-22-38-14-12-18-42(26-38)72-6/h7-20,25-32,43-44,57-58H,21-24,33-36H2,1-6H3,(H,69,70)/b47-31-,48-32+/t43-,44-,57?,58?/m0/s1. The number of halogens is 8. The summed E-state index contributed by atoms with van der Waals surface area (Å²) in [4.78, 5) is 15.9. The Kier molecular flexibility index (Phi) is 25.8. The molecule has 1 N–H and O–H groups in total. The highest BCUT2D eigenvalue weighted by Gasteiger charge is 2.39. The fourth-order valence-electron chi connectivity index (χ4n) is 8.25. The average molecular weight is 1260 g/mol. The molecule has 0 saturated carbocycles. The van der Waals surface area contributed by atoms with Gasteiger partial charge in [0.15, 0.2) is 12.6 Å². The smallest absolute Gasteiger partial charge is 0.477 e. The van der Waals surface area contributed by atoms with Crippen molar-refractivity contribution in [1.29, 1.82) is 0 Å². The summed E-state index contributed by atoms with van der Waals surface area (Å²) in [5, 5.41) is 0.586. The van der Waals surface area contributed by atoms with Crippen molar-refractivity contribution in [3.05, 3.63) is 196 Å². The van der Waals surface area contributed by atoms with Crippen LogP contribution in [0.15, 0.2) is 132 Å². The fraction of sp³-hybridized carbons (Fsp3) is 0.310. The van der Waals surface area contributed by atoms with Gasteiger partial charge in [-0.05, 0) is 137 Å². The van der Waals surface area contributed by atoms with E-state index in [4.69, 9.17) is 130 Å². The number of para-hydroxylation sites is 2. The Balaban J connectivity index is 1.33. The van der Waals surface area contributed by atoms with E-state index in [9.17, 15) is 4.89 Å². The molecule has 0 heterocycles. The van der Waals surface area contributed by atoms with Crippen molar-refractivity contribution in [2.24, 2.45) is 0 Å². The molecule has 3 unspecified atom stereocenters. The quantitative estimate of drug-likeness (QED) is 0.0263. The summed E-state index contributed by atoms with van der Waals surface area (Å²) in [5.41, 5.74) is 6.46. The molecule has 0 aliphatic heterocycles. The Morgan fingerprint density at radius 1 is 0.519 bits per heavy atom. The summed E-state index contributed by atoms with van der Waals surface area (Å²) in [6.45, 7) is 0.271. The minimum absolute atomic E-state index is 0.0346. The molecule has 12 nitrogen and oxygen atoms in total. The van der Waals surface area contributed by atoms with Crippen LogP contribution in [0.2, 0.25) is 30.1 Å². The summed E-state index contributed by atoms with van der Waals surface area (Å²) in [5.74, 6) is 2.72. The fourth-order valence-corrected chi connectivity index (χ4v) is 10.9. The van der Waals surface area contributed by atoms with E-state index in [-0.39, 0.29) is 78.7 Å². The van der Waals surface area contributed by atoms with Crippen LogP contribution in [-0.2, 0) is 48.8 Å². The first-order valence-electron chi connectivity index (χ1n) is 24.7. The van der Waals surface area contributed by atoms with Gasteiger partial charge in [-0.3, -0.25) is 9.05 Å². The molecule has 21 heteroatoms. The maximum atomic E-state index is 15.0. The maximum absolute atomic E-state index is 15.0. The van der Waals surface area contributed by atoms with Crippen molar-refractivity contribution < 1.29 is 46.9 Å². The highest BCUT2D eigenvalue weighted by molar-refractivity contribution is 7.47. The summed E-state index contributed by atoms with van der Waals surface area (Å²) < 4.78 is 64.4. The minimum atomic E-state index is -5.47. The monoisotopic (exact) mass is 1260 g/mol. The van der Waals surface area contributed by atoms with Crippen LogP contribution in [0.25, 0.3) is 11.1 Å².